The number of hydrogen-bond acceptors (Lipinski definition) is 4. The molecule has 0 bridgehead atoms. The van der Waals surface area contributed by atoms with Crippen molar-refractivity contribution in [2.24, 2.45) is 11.7 Å². The molecule has 1 aromatic carbocycles. The fraction of sp³-hybridized carbons (Fsp3) is 0.500. The Balaban J connectivity index is 2.05. The van der Waals surface area contributed by atoms with Crippen molar-refractivity contribution in [2.45, 2.75) is 19.4 Å². The average molecular weight is 264 g/mol. The van der Waals surface area contributed by atoms with Gasteiger partial charge in [0.05, 0.1) is 18.9 Å². The van der Waals surface area contributed by atoms with E-state index in [2.05, 4.69) is 5.32 Å². The van der Waals surface area contributed by atoms with E-state index in [0.717, 1.165) is 13.0 Å². The molecular formula is C14H20N2O3. The Labute approximate surface area is 113 Å². The fourth-order valence-electron chi connectivity index (χ4n) is 1.82. The lowest BCUT2D eigenvalue weighted by Crippen LogP contribution is -2.27. The molecule has 1 heterocycles. The van der Waals surface area contributed by atoms with E-state index in [1.165, 1.54) is 0 Å². The minimum Gasteiger partial charge on any atom is -0.486 e. The monoisotopic (exact) mass is 264 g/mol. The lowest BCUT2D eigenvalue weighted by atomic mass is 10.1. The molecule has 1 aliphatic heterocycles. The molecule has 2 atom stereocenters. The molecule has 5 nitrogen and oxygen atoms in total. The number of benzene rings is 1. The van der Waals surface area contributed by atoms with Crippen molar-refractivity contribution in [3.05, 3.63) is 24.3 Å². The number of nitrogens with one attached hydrogen (secondary N) is 1. The standard InChI is InChI=1S/C14H20N2O3/c1-10(8-15)14(17)16-12-4-2-3-5-13(12)19-11-6-7-18-9-11/h2-5,10-11H,6-9,15H2,1H3,(H,16,17). The summed E-state index contributed by atoms with van der Waals surface area (Å²) in [5.74, 6) is 0.361. The number of nitrogens with two attached hydrogens (primary N) is 1. The van der Waals surface area contributed by atoms with Gasteiger partial charge in [0.1, 0.15) is 11.9 Å². The lowest BCUT2D eigenvalue weighted by Gasteiger charge is -2.17. The molecule has 1 amide bonds. The first-order valence-corrected chi connectivity index (χ1v) is 6.55. The maximum absolute atomic E-state index is 11.9. The number of para-hydroxylation sites is 2. The van der Waals surface area contributed by atoms with Crippen molar-refractivity contribution in [1.29, 1.82) is 0 Å². The van der Waals surface area contributed by atoms with E-state index in [4.69, 9.17) is 15.2 Å². The van der Waals surface area contributed by atoms with Gasteiger partial charge in [0.25, 0.3) is 0 Å². The van der Waals surface area contributed by atoms with E-state index in [0.29, 0.717) is 24.6 Å². The molecule has 104 valence electrons. The van der Waals surface area contributed by atoms with Crippen molar-refractivity contribution in [2.75, 3.05) is 25.1 Å². The van der Waals surface area contributed by atoms with Crippen molar-refractivity contribution in [3.8, 4) is 5.75 Å². The van der Waals surface area contributed by atoms with Crippen LogP contribution in [0.4, 0.5) is 5.69 Å². The van der Waals surface area contributed by atoms with Crippen LogP contribution in [0.3, 0.4) is 0 Å². The predicted molar refractivity (Wildman–Crippen MR) is 73.1 cm³/mol. The van der Waals surface area contributed by atoms with Crippen LogP contribution in [0.2, 0.25) is 0 Å². The van der Waals surface area contributed by atoms with E-state index in [1.54, 1.807) is 6.92 Å². The molecule has 3 N–H and O–H groups in total. The molecule has 5 heteroatoms. The molecule has 2 unspecified atom stereocenters. The van der Waals surface area contributed by atoms with Crippen molar-refractivity contribution < 1.29 is 14.3 Å². The van der Waals surface area contributed by atoms with Crippen LogP contribution in [0.15, 0.2) is 24.3 Å². The number of carbonyl (C=O) groups excluding carboxylic acids is 1. The van der Waals surface area contributed by atoms with Gasteiger partial charge in [0.15, 0.2) is 0 Å². The summed E-state index contributed by atoms with van der Waals surface area (Å²) in [7, 11) is 0. The van der Waals surface area contributed by atoms with Crippen LogP contribution in [0.5, 0.6) is 5.75 Å². The zero-order valence-electron chi connectivity index (χ0n) is 11.1. The number of rotatable bonds is 5. The summed E-state index contributed by atoms with van der Waals surface area (Å²) < 4.78 is 11.1. The van der Waals surface area contributed by atoms with E-state index in [-0.39, 0.29) is 17.9 Å². The van der Waals surface area contributed by atoms with Gasteiger partial charge in [-0.15, -0.1) is 0 Å². The first kappa shape index (κ1) is 13.8. The number of carbonyl (C=O) groups is 1. The molecule has 19 heavy (non-hydrogen) atoms. The van der Waals surface area contributed by atoms with Gasteiger partial charge in [-0.2, -0.15) is 0 Å². The van der Waals surface area contributed by atoms with Gasteiger partial charge in [0, 0.05) is 18.9 Å². The summed E-state index contributed by atoms with van der Waals surface area (Å²) in [6, 6.07) is 7.42. The van der Waals surface area contributed by atoms with Gasteiger partial charge in [0.2, 0.25) is 5.91 Å². The molecule has 0 radical (unpaired) electrons. The fourth-order valence-corrected chi connectivity index (χ4v) is 1.82. The van der Waals surface area contributed by atoms with Gasteiger partial charge < -0.3 is 20.5 Å². The third kappa shape index (κ3) is 3.68. The molecule has 0 spiro atoms. The van der Waals surface area contributed by atoms with Gasteiger partial charge in [-0.1, -0.05) is 19.1 Å². The molecule has 1 aromatic rings. The Bertz CT molecular complexity index is 430. The number of ether oxygens (including phenoxy) is 2. The summed E-state index contributed by atoms with van der Waals surface area (Å²) in [5, 5.41) is 2.85. The Morgan fingerprint density at radius 3 is 3.05 bits per heavy atom. The highest BCUT2D eigenvalue weighted by Crippen LogP contribution is 2.26. The number of anilines is 1. The maximum Gasteiger partial charge on any atom is 0.228 e. The zero-order chi connectivity index (χ0) is 13.7. The molecule has 2 rings (SSSR count). The highest BCUT2D eigenvalue weighted by molar-refractivity contribution is 5.93. The smallest absolute Gasteiger partial charge is 0.228 e. The topological polar surface area (TPSA) is 73.6 Å². The molecule has 0 aromatic heterocycles. The zero-order valence-corrected chi connectivity index (χ0v) is 11.1. The van der Waals surface area contributed by atoms with Crippen LogP contribution in [0, 0.1) is 5.92 Å². The first-order chi connectivity index (χ1) is 9.20. The summed E-state index contributed by atoms with van der Waals surface area (Å²) in [5.41, 5.74) is 6.17. The van der Waals surface area contributed by atoms with Crippen LogP contribution < -0.4 is 15.8 Å². The van der Waals surface area contributed by atoms with Crippen molar-refractivity contribution in [3.63, 3.8) is 0 Å². The lowest BCUT2D eigenvalue weighted by molar-refractivity contribution is -0.119. The Morgan fingerprint density at radius 1 is 1.58 bits per heavy atom. The number of amides is 1. The second-order valence-electron chi connectivity index (χ2n) is 4.73. The third-order valence-electron chi connectivity index (χ3n) is 3.13. The SMILES string of the molecule is CC(CN)C(=O)Nc1ccccc1OC1CCOC1. The third-order valence-corrected chi connectivity index (χ3v) is 3.13. The van der Waals surface area contributed by atoms with Crippen LogP contribution in [0.1, 0.15) is 13.3 Å². The van der Waals surface area contributed by atoms with E-state index in [9.17, 15) is 4.79 Å². The number of hydrogen-bond donors (Lipinski definition) is 2. The van der Waals surface area contributed by atoms with E-state index < -0.39 is 0 Å². The van der Waals surface area contributed by atoms with Crippen LogP contribution in [-0.4, -0.2) is 31.8 Å². The molecular weight excluding hydrogens is 244 g/mol. The Kier molecular flexibility index (Phi) is 4.76. The Hall–Kier alpha value is -1.59. The summed E-state index contributed by atoms with van der Waals surface area (Å²) in [6.07, 6.45) is 0.937. The van der Waals surface area contributed by atoms with Gasteiger partial charge >= 0.3 is 0 Å². The summed E-state index contributed by atoms with van der Waals surface area (Å²) >= 11 is 0. The minimum atomic E-state index is -0.220. The van der Waals surface area contributed by atoms with Crippen LogP contribution >= 0.6 is 0 Å². The molecule has 1 fully saturated rings. The predicted octanol–water partition coefficient (Wildman–Crippen LogP) is 1.39. The van der Waals surface area contributed by atoms with Crippen molar-refractivity contribution in [1.82, 2.24) is 0 Å². The Morgan fingerprint density at radius 2 is 2.37 bits per heavy atom. The average Bonchev–Trinajstić information content (AvgIpc) is 2.93. The largest absolute Gasteiger partial charge is 0.486 e. The van der Waals surface area contributed by atoms with Gasteiger partial charge in [-0.05, 0) is 12.1 Å². The van der Waals surface area contributed by atoms with Crippen LogP contribution in [-0.2, 0) is 9.53 Å². The molecule has 0 saturated carbocycles. The maximum atomic E-state index is 11.9. The summed E-state index contributed by atoms with van der Waals surface area (Å²) in [6.45, 7) is 3.44. The quantitative estimate of drug-likeness (QED) is 0.842. The van der Waals surface area contributed by atoms with Crippen molar-refractivity contribution >= 4 is 11.6 Å². The highest BCUT2D eigenvalue weighted by atomic mass is 16.5. The second-order valence-corrected chi connectivity index (χ2v) is 4.73. The molecule has 1 saturated heterocycles. The van der Waals surface area contributed by atoms with E-state index >= 15 is 0 Å². The minimum absolute atomic E-state index is 0.0602. The molecule has 1 aliphatic rings. The highest BCUT2D eigenvalue weighted by Gasteiger charge is 2.19. The van der Waals surface area contributed by atoms with Crippen LogP contribution in [0.25, 0.3) is 0 Å². The van der Waals surface area contributed by atoms with Gasteiger partial charge in [-0.3, -0.25) is 4.79 Å². The van der Waals surface area contributed by atoms with Gasteiger partial charge in [-0.25, -0.2) is 0 Å². The first-order valence-electron chi connectivity index (χ1n) is 6.55. The molecule has 0 aliphatic carbocycles. The second kappa shape index (κ2) is 6.54. The normalized spacial score (nSPS) is 20.0. The van der Waals surface area contributed by atoms with E-state index in [1.807, 2.05) is 24.3 Å². The summed E-state index contributed by atoms with van der Waals surface area (Å²) in [4.78, 5) is 11.9.